The van der Waals surface area contributed by atoms with Crippen molar-refractivity contribution in [3.8, 4) is 0 Å². The van der Waals surface area contributed by atoms with Crippen LogP contribution in [0.25, 0.3) is 0 Å². The Kier molecular flexibility index (Phi) is 4.29. The summed E-state index contributed by atoms with van der Waals surface area (Å²) in [5, 5.41) is 0. The third-order valence-corrected chi connectivity index (χ3v) is 5.15. The van der Waals surface area contributed by atoms with Crippen molar-refractivity contribution in [2.75, 3.05) is 31.8 Å². The highest BCUT2D eigenvalue weighted by molar-refractivity contribution is 7.91. The van der Waals surface area contributed by atoms with E-state index in [1.807, 2.05) is 0 Å². The first kappa shape index (κ1) is 14.8. The van der Waals surface area contributed by atoms with E-state index in [1.165, 1.54) is 25.3 Å². The van der Waals surface area contributed by atoms with E-state index in [0.29, 0.717) is 13.2 Å². The van der Waals surface area contributed by atoms with Crippen LogP contribution in [0.1, 0.15) is 16.8 Å². The van der Waals surface area contributed by atoms with Gasteiger partial charge in [0.2, 0.25) is 0 Å². The molecule has 1 fully saturated rings. The molecule has 7 heteroatoms. The van der Waals surface area contributed by atoms with Crippen molar-refractivity contribution in [3.63, 3.8) is 0 Å². The van der Waals surface area contributed by atoms with Gasteiger partial charge in [-0.3, -0.25) is 0 Å². The average Bonchev–Trinajstić information content (AvgIpc) is 2.90. The van der Waals surface area contributed by atoms with Gasteiger partial charge < -0.3 is 15.2 Å². The van der Waals surface area contributed by atoms with Crippen molar-refractivity contribution >= 4 is 21.5 Å². The van der Waals surface area contributed by atoms with Crippen molar-refractivity contribution in [2.24, 2.45) is 5.92 Å². The van der Waals surface area contributed by atoms with Crippen LogP contribution < -0.4 is 5.73 Å². The predicted octanol–water partition coefficient (Wildman–Crippen LogP) is 0.866. The smallest absolute Gasteiger partial charge is 0.339 e. The molecular formula is C13H17NO5S. The molecule has 2 N–H and O–H groups in total. The lowest BCUT2D eigenvalue weighted by atomic mass is 10.2. The maximum absolute atomic E-state index is 12.3. The minimum absolute atomic E-state index is 0.000806. The van der Waals surface area contributed by atoms with E-state index >= 15 is 0 Å². The summed E-state index contributed by atoms with van der Waals surface area (Å²) in [6, 6.07) is 4.09. The van der Waals surface area contributed by atoms with E-state index in [9.17, 15) is 13.2 Å². The van der Waals surface area contributed by atoms with E-state index in [2.05, 4.69) is 4.74 Å². The summed E-state index contributed by atoms with van der Waals surface area (Å²) in [6.45, 7) is 1.05. The van der Waals surface area contributed by atoms with Crippen molar-refractivity contribution in [1.29, 1.82) is 0 Å². The van der Waals surface area contributed by atoms with Gasteiger partial charge in [-0.1, -0.05) is 0 Å². The first-order chi connectivity index (χ1) is 9.44. The second-order valence-corrected chi connectivity index (χ2v) is 6.79. The van der Waals surface area contributed by atoms with Crippen LogP contribution in [0, 0.1) is 5.92 Å². The standard InChI is InChI=1S/C13H17NO5S/c1-18-13(15)11-6-10(2-3-12(11)14)20(16,17)8-9-4-5-19-7-9/h2-3,6,9H,4-5,7-8,14H2,1H3. The van der Waals surface area contributed by atoms with Gasteiger partial charge in [0, 0.05) is 12.3 Å². The van der Waals surface area contributed by atoms with E-state index in [1.54, 1.807) is 0 Å². The van der Waals surface area contributed by atoms with Gasteiger partial charge in [0.15, 0.2) is 9.84 Å². The largest absolute Gasteiger partial charge is 0.465 e. The molecule has 0 spiro atoms. The highest BCUT2D eigenvalue weighted by Gasteiger charge is 2.25. The Balaban J connectivity index is 2.29. The lowest BCUT2D eigenvalue weighted by molar-refractivity contribution is 0.0601. The zero-order chi connectivity index (χ0) is 14.8. The molecule has 20 heavy (non-hydrogen) atoms. The highest BCUT2D eigenvalue weighted by Crippen LogP contribution is 2.23. The lowest BCUT2D eigenvalue weighted by Crippen LogP contribution is -2.17. The SMILES string of the molecule is COC(=O)c1cc(S(=O)(=O)CC2CCOC2)ccc1N. The number of hydrogen-bond donors (Lipinski definition) is 1. The van der Waals surface area contributed by atoms with Crippen LogP contribution in [-0.2, 0) is 19.3 Å². The van der Waals surface area contributed by atoms with Crippen LogP contribution in [-0.4, -0.2) is 40.5 Å². The Bertz CT molecular complexity index is 605. The number of methoxy groups -OCH3 is 1. The molecular weight excluding hydrogens is 282 g/mol. The van der Waals surface area contributed by atoms with Crippen LogP contribution in [0.5, 0.6) is 0 Å². The molecule has 1 aliphatic rings. The number of benzene rings is 1. The zero-order valence-corrected chi connectivity index (χ0v) is 12.0. The zero-order valence-electron chi connectivity index (χ0n) is 11.2. The first-order valence-electron chi connectivity index (χ1n) is 6.22. The maximum atomic E-state index is 12.3. The van der Waals surface area contributed by atoms with Crippen molar-refractivity contribution in [1.82, 2.24) is 0 Å². The number of carbonyl (C=O) groups excluding carboxylic acids is 1. The van der Waals surface area contributed by atoms with E-state index in [0.717, 1.165) is 6.42 Å². The Labute approximate surface area is 117 Å². The van der Waals surface area contributed by atoms with Crippen LogP contribution in [0.2, 0.25) is 0 Å². The number of carbonyl (C=O) groups is 1. The molecule has 0 saturated carbocycles. The van der Waals surface area contributed by atoms with Gasteiger partial charge in [-0.05, 0) is 30.5 Å². The van der Waals surface area contributed by atoms with Gasteiger partial charge >= 0.3 is 5.97 Å². The van der Waals surface area contributed by atoms with Crippen molar-refractivity contribution in [3.05, 3.63) is 23.8 Å². The molecule has 1 aromatic rings. The van der Waals surface area contributed by atoms with Crippen LogP contribution in [0.4, 0.5) is 5.69 Å². The summed E-state index contributed by atoms with van der Waals surface area (Å²) in [5.74, 6) is -0.639. The van der Waals surface area contributed by atoms with Crippen LogP contribution in [0.15, 0.2) is 23.1 Å². The number of hydrogen-bond acceptors (Lipinski definition) is 6. The summed E-state index contributed by atoms with van der Waals surface area (Å²) in [4.78, 5) is 11.6. The van der Waals surface area contributed by atoms with Gasteiger partial charge in [-0.2, -0.15) is 0 Å². The van der Waals surface area contributed by atoms with E-state index in [4.69, 9.17) is 10.5 Å². The first-order valence-corrected chi connectivity index (χ1v) is 7.87. The fraction of sp³-hybridized carbons (Fsp3) is 0.462. The number of anilines is 1. The minimum atomic E-state index is -3.47. The third-order valence-electron chi connectivity index (χ3n) is 3.27. The average molecular weight is 299 g/mol. The van der Waals surface area contributed by atoms with Gasteiger partial charge in [0.25, 0.3) is 0 Å². The molecule has 0 amide bonds. The highest BCUT2D eigenvalue weighted by atomic mass is 32.2. The van der Waals surface area contributed by atoms with Crippen molar-refractivity contribution < 1.29 is 22.7 Å². The molecule has 0 bridgehead atoms. The molecule has 1 atom stereocenters. The number of ether oxygens (including phenoxy) is 2. The number of nitrogens with two attached hydrogens (primary N) is 1. The summed E-state index contributed by atoms with van der Waals surface area (Å²) < 4.78 is 34.4. The topological polar surface area (TPSA) is 95.7 Å². The van der Waals surface area contributed by atoms with Gasteiger partial charge in [-0.15, -0.1) is 0 Å². The number of nitrogen functional groups attached to an aromatic ring is 1. The second kappa shape index (κ2) is 5.80. The van der Waals surface area contributed by atoms with E-state index in [-0.39, 0.29) is 27.8 Å². The Hall–Kier alpha value is -1.60. The third kappa shape index (κ3) is 3.10. The quantitative estimate of drug-likeness (QED) is 0.654. The van der Waals surface area contributed by atoms with Gasteiger partial charge in [0.05, 0.1) is 29.9 Å². The Morgan fingerprint density at radius 1 is 1.50 bits per heavy atom. The molecule has 2 rings (SSSR count). The molecule has 1 unspecified atom stereocenters. The summed E-state index contributed by atoms with van der Waals surface area (Å²) in [6.07, 6.45) is 0.734. The summed E-state index contributed by atoms with van der Waals surface area (Å²) in [5.41, 5.74) is 5.92. The Morgan fingerprint density at radius 3 is 2.85 bits per heavy atom. The fourth-order valence-electron chi connectivity index (χ4n) is 2.14. The summed E-state index contributed by atoms with van der Waals surface area (Å²) >= 11 is 0. The molecule has 1 saturated heterocycles. The van der Waals surface area contributed by atoms with Crippen LogP contribution in [0.3, 0.4) is 0 Å². The fourth-order valence-corrected chi connectivity index (χ4v) is 3.79. The molecule has 0 aliphatic carbocycles. The predicted molar refractivity (Wildman–Crippen MR) is 73.2 cm³/mol. The molecule has 0 radical (unpaired) electrons. The molecule has 1 aliphatic heterocycles. The lowest BCUT2D eigenvalue weighted by Gasteiger charge is -2.11. The number of sulfone groups is 1. The Morgan fingerprint density at radius 2 is 2.25 bits per heavy atom. The second-order valence-electron chi connectivity index (χ2n) is 4.75. The summed E-state index contributed by atoms with van der Waals surface area (Å²) in [7, 11) is -2.25. The molecule has 0 aromatic heterocycles. The van der Waals surface area contributed by atoms with Crippen LogP contribution >= 0.6 is 0 Å². The van der Waals surface area contributed by atoms with Gasteiger partial charge in [-0.25, -0.2) is 13.2 Å². The molecule has 6 nitrogen and oxygen atoms in total. The van der Waals surface area contributed by atoms with Crippen molar-refractivity contribution in [2.45, 2.75) is 11.3 Å². The minimum Gasteiger partial charge on any atom is -0.465 e. The number of rotatable bonds is 4. The molecule has 1 aromatic carbocycles. The monoisotopic (exact) mass is 299 g/mol. The molecule has 1 heterocycles. The normalized spacial score (nSPS) is 18.9. The molecule has 110 valence electrons. The van der Waals surface area contributed by atoms with Gasteiger partial charge in [0.1, 0.15) is 0 Å². The maximum Gasteiger partial charge on any atom is 0.339 e. The van der Waals surface area contributed by atoms with E-state index < -0.39 is 15.8 Å². The number of esters is 1.